The molecule has 0 amide bonds. The number of hydrogen-bond acceptors (Lipinski definition) is 4. The van der Waals surface area contributed by atoms with Crippen molar-refractivity contribution < 1.29 is 18.7 Å². The fourth-order valence-corrected chi connectivity index (χ4v) is 5.95. The Morgan fingerprint density at radius 1 is 0.935 bits per heavy atom. The van der Waals surface area contributed by atoms with E-state index in [9.17, 15) is 5.11 Å². The van der Waals surface area contributed by atoms with Crippen molar-refractivity contribution in [3.05, 3.63) is 34.3 Å². The van der Waals surface area contributed by atoms with Gasteiger partial charge in [-0.2, -0.15) is 0 Å². The molecule has 1 saturated heterocycles. The minimum atomic E-state index is -2.09. The maximum atomic E-state index is 11.3. The van der Waals surface area contributed by atoms with Crippen molar-refractivity contribution in [2.45, 2.75) is 109 Å². The van der Waals surface area contributed by atoms with Gasteiger partial charge in [-0.25, -0.2) is 0 Å². The van der Waals surface area contributed by atoms with E-state index in [0.717, 1.165) is 10.0 Å². The van der Waals surface area contributed by atoms with Crippen molar-refractivity contribution >= 4 is 32.6 Å². The summed E-state index contributed by atoms with van der Waals surface area (Å²) in [6.45, 7) is 22.8. The molecular weight excluding hydrogens is 488 g/mol. The van der Waals surface area contributed by atoms with Crippen molar-refractivity contribution in [1.29, 1.82) is 0 Å². The molecule has 0 spiro atoms. The zero-order valence-corrected chi connectivity index (χ0v) is 24.7. The van der Waals surface area contributed by atoms with Crippen LogP contribution in [0.15, 0.2) is 28.7 Å². The zero-order chi connectivity index (χ0) is 23.8. The van der Waals surface area contributed by atoms with Crippen LogP contribution >= 0.6 is 15.9 Å². The van der Waals surface area contributed by atoms with Gasteiger partial charge in [0.25, 0.3) is 0 Å². The van der Waals surface area contributed by atoms with E-state index >= 15 is 0 Å². The summed E-state index contributed by atoms with van der Waals surface area (Å²) >= 11 is 3.63. The summed E-state index contributed by atoms with van der Waals surface area (Å²) in [4.78, 5) is 0. The molecular formula is C24H43BrO4Si2. The number of halogens is 1. The molecule has 1 fully saturated rings. The van der Waals surface area contributed by atoms with Crippen LogP contribution < -0.4 is 0 Å². The third-order valence-corrected chi connectivity index (χ3v) is 17.2. The molecule has 1 aromatic carbocycles. The van der Waals surface area contributed by atoms with Gasteiger partial charge in [-0.3, -0.25) is 0 Å². The van der Waals surface area contributed by atoms with Gasteiger partial charge in [0.15, 0.2) is 16.6 Å². The molecule has 0 saturated carbocycles. The molecule has 0 bridgehead atoms. The normalized spacial score (nSPS) is 25.8. The van der Waals surface area contributed by atoms with Gasteiger partial charge >= 0.3 is 0 Å². The maximum absolute atomic E-state index is 11.3. The van der Waals surface area contributed by atoms with Gasteiger partial charge in [0.2, 0.25) is 0 Å². The van der Waals surface area contributed by atoms with E-state index in [2.05, 4.69) is 89.7 Å². The van der Waals surface area contributed by atoms with Crippen LogP contribution in [-0.4, -0.2) is 52.8 Å². The first kappa shape index (κ1) is 27.2. The highest BCUT2D eigenvalue weighted by Gasteiger charge is 2.50. The van der Waals surface area contributed by atoms with Crippen LogP contribution in [0.2, 0.25) is 36.3 Å². The Morgan fingerprint density at radius 2 is 1.48 bits per heavy atom. The SMILES string of the molecule is CC(C)(C)[Si](C)(C)OC[C@H]1O[C@@H](Cc2ccccc2Br)[C@H](O)[C@@H]1O[Si](C)(C)C(C)(C)C. The van der Waals surface area contributed by atoms with Gasteiger partial charge in [-0.1, -0.05) is 75.7 Å². The number of aliphatic hydroxyl groups is 1. The van der Waals surface area contributed by atoms with E-state index in [1.165, 1.54) is 0 Å². The van der Waals surface area contributed by atoms with Crippen molar-refractivity contribution in [1.82, 2.24) is 0 Å². The van der Waals surface area contributed by atoms with E-state index in [1.807, 2.05) is 18.2 Å². The molecule has 4 atom stereocenters. The molecule has 1 aromatic rings. The third kappa shape index (κ3) is 6.52. The number of aliphatic hydroxyl groups excluding tert-OH is 1. The first-order valence-electron chi connectivity index (χ1n) is 11.3. The van der Waals surface area contributed by atoms with E-state index in [-0.39, 0.29) is 28.4 Å². The lowest BCUT2D eigenvalue weighted by Gasteiger charge is -2.41. The number of benzene rings is 1. The summed E-state index contributed by atoms with van der Waals surface area (Å²) in [6, 6.07) is 8.11. The number of rotatable bonds is 7. The minimum absolute atomic E-state index is 0.0537. The Hall–Kier alpha value is -0.0262. The molecule has 1 aliphatic heterocycles. The molecule has 7 heteroatoms. The van der Waals surface area contributed by atoms with Crippen LogP contribution in [0.25, 0.3) is 0 Å². The Kier molecular flexibility index (Phi) is 8.50. The highest BCUT2D eigenvalue weighted by molar-refractivity contribution is 9.10. The van der Waals surface area contributed by atoms with E-state index in [4.69, 9.17) is 13.6 Å². The second-order valence-corrected chi connectivity index (χ2v) is 22.3. The van der Waals surface area contributed by atoms with Gasteiger partial charge in [0.05, 0.1) is 12.7 Å². The quantitative estimate of drug-likeness (QED) is 0.407. The molecule has 31 heavy (non-hydrogen) atoms. The van der Waals surface area contributed by atoms with Gasteiger partial charge < -0.3 is 18.7 Å². The molecule has 1 N–H and O–H groups in total. The Bertz CT molecular complexity index is 740. The zero-order valence-electron chi connectivity index (χ0n) is 21.1. The molecule has 0 unspecified atom stereocenters. The first-order chi connectivity index (χ1) is 14.0. The molecule has 1 heterocycles. The lowest BCUT2D eigenvalue weighted by molar-refractivity contribution is -0.0161. The molecule has 4 nitrogen and oxygen atoms in total. The smallest absolute Gasteiger partial charge is 0.192 e. The van der Waals surface area contributed by atoms with Gasteiger partial charge in [0, 0.05) is 10.9 Å². The second-order valence-electron chi connectivity index (χ2n) is 11.9. The topological polar surface area (TPSA) is 47.9 Å². The van der Waals surface area contributed by atoms with Crippen LogP contribution in [0.1, 0.15) is 47.1 Å². The summed E-state index contributed by atoms with van der Waals surface area (Å²) in [5.74, 6) is 0. The van der Waals surface area contributed by atoms with E-state index in [0.29, 0.717) is 13.0 Å². The van der Waals surface area contributed by atoms with Crippen LogP contribution in [-0.2, 0) is 20.0 Å². The van der Waals surface area contributed by atoms with Crippen LogP contribution in [0.3, 0.4) is 0 Å². The second kappa shape index (κ2) is 9.68. The monoisotopic (exact) mass is 530 g/mol. The van der Waals surface area contributed by atoms with E-state index < -0.39 is 22.7 Å². The molecule has 0 aliphatic carbocycles. The summed E-state index contributed by atoms with van der Waals surface area (Å²) in [6.07, 6.45) is -1.02. The minimum Gasteiger partial charge on any atom is -0.414 e. The van der Waals surface area contributed by atoms with Gasteiger partial charge in [-0.05, 0) is 47.9 Å². The van der Waals surface area contributed by atoms with E-state index in [1.54, 1.807) is 0 Å². The predicted molar refractivity (Wildman–Crippen MR) is 138 cm³/mol. The van der Waals surface area contributed by atoms with Crippen LogP contribution in [0, 0.1) is 0 Å². The highest BCUT2D eigenvalue weighted by atomic mass is 79.9. The lowest BCUT2D eigenvalue weighted by Crippen LogP contribution is -2.51. The molecule has 0 radical (unpaired) electrons. The Balaban J connectivity index is 2.25. The molecule has 178 valence electrons. The predicted octanol–water partition coefficient (Wildman–Crippen LogP) is 6.53. The van der Waals surface area contributed by atoms with Crippen molar-refractivity contribution in [2.24, 2.45) is 0 Å². The van der Waals surface area contributed by atoms with Crippen molar-refractivity contribution in [2.75, 3.05) is 6.61 Å². The fourth-order valence-electron chi connectivity index (χ4n) is 3.17. The molecule has 1 aliphatic rings. The van der Waals surface area contributed by atoms with Gasteiger partial charge in [-0.15, -0.1) is 0 Å². The van der Waals surface area contributed by atoms with Crippen LogP contribution in [0.5, 0.6) is 0 Å². The summed E-state index contributed by atoms with van der Waals surface area (Å²) < 4.78 is 20.7. The Labute approximate surface area is 200 Å². The first-order valence-corrected chi connectivity index (χ1v) is 18.0. The Morgan fingerprint density at radius 3 is 2.00 bits per heavy atom. The average molecular weight is 532 g/mol. The third-order valence-electron chi connectivity index (χ3n) is 7.46. The number of ether oxygens (including phenoxy) is 1. The summed E-state index contributed by atoms with van der Waals surface area (Å²) in [5, 5.41) is 11.5. The van der Waals surface area contributed by atoms with Crippen LogP contribution in [0.4, 0.5) is 0 Å². The largest absolute Gasteiger partial charge is 0.414 e. The standard InChI is InChI=1S/C24H43BrO4Si2/c1-23(2,3)30(7,8)27-16-20-22(29-31(9,10)24(4,5)6)21(26)19(28-20)15-17-13-11-12-14-18(17)25/h11-14,19-22,26H,15-16H2,1-10H3/t19-,20+,21-,22+/m0/s1. The summed E-state index contributed by atoms with van der Waals surface area (Å²) in [5.41, 5.74) is 1.13. The maximum Gasteiger partial charge on any atom is 0.192 e. The fraction of sp³-hybridized carbons (Fsp3) is 0.750. The van der Waals surface area contributed by atoms with Crippen molar-refractivity contribution in [3.8, 4) is 0 Å². The van der Waals surface area contributed by atoms with Crippen molar-refractivity contribution in [3.63, 3.8) is 0 Å². The van der Waals surface area contributed by atoms with Gasteiger partial charge in [0.1, 0.15) is 18.3 Å². The average Bonchev–Trinajstić information content (AvgIpc) is 2.88. The lowest BCUT2D eigenvalue weighted by atomic mass is 10.0. The molecule has 0 aromatic heterocycles. The number of hydrogen-bond donors (Lipinski definition) is 1. The molecule has 2 rings (SSSR count). The summed E-state index contributed by atoms with van der Waals surface area (Å²) in [7, 11) is -4.03. The highest BCUT2D eigenvalue weighted by Crippen LogP contribution is 2.41.